The number of piperidine rings is 1. The van der Waals surface area contributed by atoms with E-state index in [-0.39, 0.29) is 11.5 Å². The third kappa shape index (κ3) is 3.51. The van der Waals surface area contributed by atoms with Crippen LogP contribution < -0.4 is 5.32 Å². The van der Waals surface area contributed by atoms with Crippen LogP contribution in [0.2, 0.25) is 0 Å². The molecule has 2 N–H and O–H groups in total. The van der Waals surface area contributed by atoms with Crippen molar-refractivity contribution >= 4 is 11.9 Å². The van der Waals surface area contributed by atoms with Gasteiger partial charge in [0.15, 0.2) is 0 Å². The maximum absolute atomic E-state index is 12.5. The number of nitrogens with one attached hydrogen (secondary N) is 1. The first kappa shape index (κ1) is 15.9. The molecule has 1 unspecified atom stereocenters. The number of anilines is 1. The number of likely N-dealkylation sites (tertiary alicyclic amines) is 1. The molecule has 1 aromatic rings. The lowest BCUT2D eigenvalue weighted by atomic mass is 9.88. The number of aromatic nitrogens is 1. The number of nitrogens with zero attached hydrogens (tertiary/aromatic N) is 2. The first-order valence-corrected chi connectivity index (χ1v) is 7.56. The van der Waals surface area contributed by atoms with Crippen molar-refractivity contribution in [2.45, 2.75) is 37.9 Å². The van der Waals surface area contributed by atoms with Gasteiger partial charge >= 0.3 is 12.3 Å². The van der Waals surface area contributed by atoms with Crippen LogP contribution in [0.5, 0.6) is 0 Å². The summed E-state index contributed by atoms with van der Waals surface area (Å²) in [4.78, 5) is 16.5. The Morgan fingerprint density at radius 3 is 2.65 bits per heavy atom. The standard InChI is InChI=1S/C15H18F3N3O2/c16-15(17,18)10-1-2-12(19-8-10)20-9-11-7-14(3-4-14)5-6-21(11)13(22)23/h1-2,8,11H,3-7,9H2,(H,19,20)(H,22,23). The van der Waals surface area contributed by atoms with Crippen molar-refractivity contribution in [3.05, 3.63) is 23.9 Å². The van der Waals surface area contributed by atoms with E-state index in [0.717, 1.165) is 37.9 Å². The first-order chi connectivity index (χ1) is 10.8. The Labute approximate surface area is 131 Å². The summed E-state index contributed by atoms with van der Waals surface area (Å²) in [5.41, 5.74) is -0.518. The van der Waals surface area contributed by atoms with Crippen molar-refractivity contribution in [3.63, 3.8) is 0 Å². The zero-order valence-electron chi connectivity index (χ0n) is 12.4. The summed E-state index contributed by atoms with van der Waals surface area (Å²) in [5.74, 6) is 0.318. The lowest BCUT2D eigenvalue weighted by Gasteiger charge is -2.38. The predicted molar refractivity (Wildman–Crippen MR) is 77.1 cm³/mol. The largest absolute Gasteiger partial charge is 0.465 e. The second-order valence-electron chi connectivity index (χ2n) is 6.39. The van der Waals surface area contributed by atoms with Crippen molar-refractivity contribution < 1.29 is 23.1 Å². The first-order valence-electron chi connectivity index (χ1n) is 7.56. The summed E-state index contributed by atoms with van der Waals surface area (Å²) in [5, 5.41) is 12.2. The zero-order valence-corrected chi connectivity index (χ0v) is 12.4. The van der Waals surface area contributed by atoms with Crippen LogP contribution in [0.4, 0.5) is 23.8 Å². The van der Waals surface area contributed by atoms with Crippen molar-refractivity contribution in [1.29, 1.82) is 0 Å². The minimum absolute atomic E-state index is 0.173. The van der Waals surface area contributed by atoms with E-state index in [0.29, 0.717) is 18.9 Å². The topological polar surface area (TPSA) is 65.5 Å². The highest BCUT2D eigenvalue weighted by Gasteiger charge is 2.48. The summed E-state index contributed by atoms with van der Waals surface area (Å²) >= 11 is 0. The fraction of sp³-hybridized carbons (Fsp3) is 0.600. The molecule has 0 aromatic carbocycles. The van der Waals surface area contributed by atoms with Gasteiger partial charge in [0.05, 0.1) is 11.6 Å². The normalized spacial score (nSPS) is 22.9. The smallest absolute Gasteiger partial charge is 0.417 e. The lowest BCUT2D eigenvalue weighted by molar-refractivity contribution is -0.137. The number of halogens is 3. The van der Waals surface area contributed by atoms with Gasteiger partial charge in [-0.05, 0) is 43.2 Å². The quantitative estimate of drug-likeness (QED) is 0.891. The summed E-state index contributed by atoms with van der Waals surface area (Å²) in [6, 6.07) is 2.06. The monoisotopic (exact) mass is 329 g/mol. The minimum atomic E-state index is -4.41. The van der Waals surface area contributed by atoms with Gasteiger partial charge in [-0.3, -0.25) is 0 Å². The third-order valence-electron chi connectivity index (χ3n) is 4.80. The van der Waals surface area contributed by atoms with Gasteiger partial charge in [0.25, 0.3) is 0 Å². The molecule has 3 rings (SSSR count). The molecule has 1 aliphatic carbocycles. The van der Waals surface area contributed by atoms with Gasteiger partial charge in [-0.1, -0.05) is 0 Å². The van der Waals surface area contributed by atoms with Gasteiger partial charge in [-0.2, -0.15) is 13.2 Å². The highest BCUT2D eigenvalue weighted by atomic mass is 19.4. The van der Waals surface area contributed by atoms with Crippen LogP contribution in [-0.4, -0.2) is 40.2 Å². The van der Waals surface area contributed by atoms with Crippen molar-refractivity contribution in [3.8, 4) is 0 Å². The van der Waals surface area contributed by atoms with Gasteiger partial charge < -0.3 is 15.3 Å². The van der Waals surface area contributed by atoms with E-state index in [4.69, 9.17) is 0 Å². The number of amides is 1. The van der Waals surface area contributed by atoms with E-state index in [1.807, 2.05) is 0 Å². The SMILES string of the molecule is O=C(O)N1CCC2(CC2)CC1CNc1ccc(C(F)(F)F)cn1. The molecule has 1 atom stereocenters. The Bertz CT molecular complexity index is 585. The third-order valence-corrected chi connectivity index (χ3v) is 4.80. The van der Waals surface area contributed by atoms with E-state index >= 15 is 0 Å². The van der Waals surface area contributed by atoms with Crippen LogP contribution in [-0.2, 0) is 6.18 Å². The molecule has 0 bridgehead atoms. The highest BCUT2D eigenvalue weighted by molar-refractivity contribution is 5.65. The number of rotatable bonds is 3. The fourth-order valence-electron chi connectivity index (χ4n) is 3.21. The molecular formula is C15H18F3N3O2. The van der Waals surface area contributed by atoms with E-state index in [2.05, 4.69) is 10.3 Å². The second-order valence-corrected chi connectivity index (χ2v) is 6.39. The van der Waals surface area contributed by atoms with Gasteiger partial charge in [0, 0.05) is 19.3 Å². The fourth-order valence-corrected chi connectivity index (χ4v) is 3.21. The van der Waals surface area contributed by atoms with Gasteiger partial charge in [-0.15, -0.1) is 0 Å². The van der Waals surface area contributed by atoms with Crippen LogP contribution in [0.15, 0.2) is 18.3 Å². The molecule has 8 heteroatoms. The minimum Gasteiger partial charge on any atom is -0.465 e. The average Bonchev–Trinajstić information content (AvgIpc) is 3.23. The number of pyridine rings is 1. The molecule has 2 aliphatic rings. The van der Waals surface area contributed by atoms with E-state index in [1.54, 1.807) is 0 Å². The Morgan fingerprint density at radius 2 is 2.13 bits per heavy atom. The van der Waals surface area contributed by atoms with Crippen molar-refractivity contribution in [2.24, 2.45) is 5.41 Å². The molecule has 126 valence electrons. The molecule has 23 heavy (non-hydrogen) atoms. The number of carbonyl (C=O) groups is 1. The van der Waals surface area contributed by atoms with Gasteiger partial charge in [0.1, 0.15) is 5.82 Å². The molecule has 1 aromatic heterocycles. The second kappa shape index (κ2) is 5.58. The molecule has 1 amide bonds. The lowest BCUT2D eigenvalue weighted by Crippen LogP contribution is -2.49. The maximum Gasteiger partial charge on any atom is 0.417 e. The number of hydrogen-bond donors (Lipinski definition) is 2. The van der Waals surface area contributed by atoms with Crippen LogP contribution in [0.1, 0.15) is 31.2 Å². The van der Waals surface area contributed by atoms with E-state index in [9.17, 15) is 23.1 Å². The van der Waals surface area contributed by atoms with Crippen LogP contribution in [0, 0.1) is 5.41 Å². The number of alkyl halides is 3. The van der Waals surface area contributed by atoms with Gasteiger partial charge in [-0.25, -0.2) is 9.78 Å². The van der Waals surface area contributed by atoms with Crippen molar-refractivity contribution in [1.82, 2.24) is 9.88 Å². The number of carboxylic acid groups (broad SMARTS) is 1. The Balaban J connectivity index is 1.62. The molecule has 1 saturated heterocycles. The van der Waals surface area contributed by atoms with Crippen LogP contribution >= 0.6 is 0 Å². The predicted octanol–water partition coefficient (Wildman–Crippen LogP) is 3.43. The maximum atomic E-state index is 12.5. The summed E-state index contributed by atoms with van der Waals surface area (Å²) in [7, 11) is 0. The average molecular weight is 329 g/mol. The van der Waals surface area contributed by atoms with Crippen LogP contribution in [0.3, 0.4) is 0 Å². The Hall–Kier alpha value is -1.99. The molecular weight excluding hydrogens is 311 g/mol. The molecule has 2 fully saturated rings. The molecule has 2 heterocycles. The van der Waals surface area contributed by atoms with Gasteiger partial charge in [0.2, 0.25) is 0 Å². The zero-order chi connectivity index (χ0) is 16.7. The molecule has 1 aliphatic heterocycles. The number of hydrogen-bond acceptors (Lipinski definition) is 3. The summed E-state index contributed by atoms with van der Waals surface area (Å²) in [6.45, 7) is 0.870. The summed E-state index contributed by atoms with van der Waals surface area (Å²) < 4.78 is 37.5. The van der Waals surface area contributed by atoms with E-state index < -0.39 is 17.8 Å². The van der Waals surface area contributed by atoms with Crippen LogP contribution in [0.25, 0.3) is 0 Å². The van der Waals surface area contributed by atoms with Crippen molar-refractivity contribution in [2.75, 3.05) is 18.4 Å². The summed E-state index contributed by atoms with van der Waals surface area (Å²) in [6.07, 6.45) is -0.618. The van der Waals surface area contributed by atoms with E-state index in [1.165, 1.54) is 11.0 Å². The Kier molecular flexibility index (Phi) is 3.85. The molecule has 1 saturated carbocycles. The Morgan fingerprint density at radius 1 is 1.39 bits per heavy atom. The molecule has 0 radical (unpaired) electrons. The molecule has 1 spiro atoms. The molecule has 5 nitrogen and oxygen atoms in total. The highest BCUT2D eigenvalue weighted by Crippen LogP contribution is 2.55.